The third-order valence-electron chi connectivity index (χ3n) is 3.32. The van der Waals surface area contributed by atoms with Crippen molar-refractivity contribution in [2.24, 2.45) is 5.92 Å². The molecule has 0 amide bonds. The van der Waals surface area contributed by atoms with Crippen LogP contribution in [0.4, 0.5) is 0 Å². The second-order valence-corrected chi connectivity index (χ2v) is 4.49. The first-order valence-corrected chi connectivity index (χ1v) is 5.40. The summed E-state index contributed by atoms with van der Waals surface area (Å²) in [6, 6.07) is 1.60. The minimum Gasteiger partial charge on any atom is -0.298 e. The van der Waals surface area contributed by atoms with E-state index in [4.69, 9.17) is 0 Å². The number of likely N-dealkylation sites (tertiary alicyclic amines) is 1. The monoisotopic (exact) mass is 169 g/mol. The quantitative estimate of drug-likeness (QED) is 0.614. The lowest BCUT2D eigenvalue weighted by atomic mass is 9.93. The average Bonchev–Trinajstić information content (AvgIpc) is 2.08. The minimum absolute atomic E-state index is 0.780. The number of hydrogen-bond donors (Lipinski definition) is 0. The third-order valence-corrected chi connectivity index (χ3v) is 3.32. The molecule has 0 bridgehead atoms. The van der Waals surface area contributed by atoms with E-state index in [1.807, 2.05) is 0 Å². The van der Waals surface area contributed by atoms with Gasteiger partial charge >= 0.3 is 0 Å². The summed E-state index contributed by atoms with van der Waals surface area (Å²) in [5.41, 5.74) is 0. The van der Waals surface area contributed by atoms with Gasteiger partial charge < -0.3 is 0 Å². The predicted molar refractivity (Wildman–Crippen MR) is 54.3 cm³/mol. The molecule has 0 aliphatic carbocycles. The van der Waals surface area contributed by atoms with Crippen molar-refractivity contribution in [3.05, 3.63) is 0 Å². The lowest BCUT2D eigenvalue weighted by Crippen LogP contribution is -2.45. The van der Waals surface area contributed by atoms with Gasteiger partial charge in [-0.15, -0.1) is 0 Å². The van der Waals surface area contributed by atoms with Crippen molar-refractivity contribution < 1.29 is 0 Å². The highest BCUT2D eigenvalue weighted by Crippen LogP contribution is 2.23. The van der Waals surface area contributed by atoms with Crippen LogP contribution in [0.15, 0.2) is 0 Å². The Morgan fingerprint density at radius 1 is 1.33 bits per heavy atom. The second kappa shape index (κ2) is 4.27. The van der Waals surface area contributed by atoms with E-state index in [1.165, 1.54) is 25.8 Å². The normalized spacial score (nSPS) is 35.0. The largest absolute Gasteiger partial charge is 0.298 e. The molecule has 0 N–H and O–H groups in total. The highest BCUT2D eigenvalue weighted by Gasteiger charge is 2.25. The third kappa shape index (κ3) is 2.22. The number of rotatable bonds is 2. The average molecular weight is 169 g/mol. The topological polar surface area (TPSA) is 3.24 Å². The molecule has 1 nitrogen and oxygen atoms in total. The fourth-order valence-corrected chi connectivity index (χ4v) is 2.17. The van der Waals surface area contributed by atoms with Crippen molar-refractivity contribution in [3.8, 4) is 0 Å². The molecule has 0 radical (unpaired) electrons. The summed E-state index contributed by atoms with van der Waals surface area (Å²) in [5.74, 6) is 0.912. The molecule has 1 fully saturated rings. The summed E-state index contributed by atoms with van der Waals surface area (Å²) in [5, 5.41) is 0. The molecule has 1 aliphatic heterocycles. The van der Waals surface area contributed by atoms with Crippen molar-refractivity contribution in [1.82, 2.24) is 4.90 Å². The van der Waals surface area contributed by atoms with E-state index in [0.29, 0.717) is 0 Å². The van der Waals surface area contributed by atoms with Crippen LogP contribution in [0.5, 0.6) is 0 Å². The lowest BCUT2D eigenvalue weighted by Gasteiger charge is -2.40. The van der Waals surface area contributed by atoms with Crippen LogP contribution in [0.3, 0.4) is 0 Å². The summed E-state index contributed by atoms with van der Waals surface area (Å²) < 4.78 is 0. The molecular formula is C11H23N. The molecule has 1 heterocycles. The standard InChI is InChI=1S/C11H23N/c1-5-10(3)12-8-9(2)6-7-11(12)4/h9-11H,5-8H2,1-4H3/t9-,10?,11?/m1/s1. The van der Waals surface area contributed by atoms with E-state index in [9.17, 15) is 0 Å². The molecule has 1 aliphatic rings. The van der Waals surface area contributed by atoms with Gasteiger partial charge in [-0.25, -0.2) is 0 Å². The Morgan fingerprint density at radius 2 is 2.00 bits per heavy atom. The second-order valence-electron chi connectivity index (χ2n) is 4.49. The molecule has 1 heteroatoms. The van der Waals surface area contributed by atoms with Gasteiger partial charge in [0.1, 0.15) is 0 Å². The highest BCUT2D eigenvalue weighted by molar-refractivity contribution is 4.80. The molecule has 1 saturated heterocycles. The van der Waals surface area contributed by atoms with Crippen molar-refractivity contribution >= 4 is 0 Å². The molecule has 3 atom stereocenters. The maximum atomic E-state index is 2.67. The van der Waals surface area contributed by atoms with Crippen LogP contribution in [-0.4, -0.2) is 23.5 Å². The molecule has 0 aromatic rings. The molecule has 0 spiro atoms. The van der Waals surface area contributed by atoms with E-state index in [0.717, 1.165) is 18.0 Å². The molecular weight excluding hydrogens is 146 g/mol. The summed E-state index contributed by atoms with van der Waals surface area (Å²) in [7, 11) is 0. The van der Waals surface area contributed by atoms with Gasteiger partial charge in [-0.05, 0) is 39.0 Å². The van der Waals surface area contributed by atoms with E-state index >= 15 is 0 Å². The van der Waals surface area contributed by atoms with Gasteiger partial charge in [0, 0.05) is 18.6 Å². The maximum absolute atomic E-state index is 2.67. The van der Waals surface area contributed by atoms with Crippen LogP contribution in [0.1, 0.15) is 47.0 Å². The van der Waals surface area contributed by atoms with E-state index < -0.39 is 0 Å². The Bertz CT molecular complexity index is 129. The fraction of sp³-hybridized carbons (Fsp3) is 1.00. The first kappa shape index (κ1) is 10.0. The highest BCUT2D eigenvalue weighted by atomic mass is 15.2. The van der Waals surface area contributed by atoms with Crippen LogP contribution in [0.2, 0.25) is 0 Å². The zero-order chi connectivity index (χ0) is 9.14. The summed E-state index contributed by atoms with van der Waals surface area (Å²) in [6.07, 6.45) is 4.11. The molecule has 0 saturated carbocycles. The number of hydrogen-bond acceptors (Lipinski definition) is 1. The van der Waals surface area contributed by atoms with Gasteiger partial charge in [0.15, 0.2) is 0 Å². The van der Waals surface area contributed by atoms with Crippen molar-refractivity contribution in [2.45, 2.75) is 59.0 Å². The summed E-state index contributed by atoms with van der Waals surface area (Å²) in [4.78, 5) is 2.67. The number of piperidine rings is 1. The predicted octanol–water partition coefficient (Wildman–Crippen LogP) is 2.91. The van der Waals surface area contributed by atoms with Crippen LogP contribution in [0.25, 0.3) is 0 Å². The Hall–Kier alpha value is -0.0400. The van der Waals surface area contributed by atoms with E-state index in [2.05, 4.69) is 32.6 Å². The SMILES string of the molecule is CCC(C)N1C[C@H](C)CCC1C. The molecule has 72 valence electrons. The van der Waals surface area contributed by atoms with Crippen LogP contribution in [0, 0.1) is 5.92 Å². The van der Waals surface area contributed by atoms with E-state index in [1.54, 1.807) is 0 Å². The molecule has 2 unspecified atom stereocenters. The zero-order valence-corrected chi connectivity index (χ0v) is 9.01. The zero-order valence-electron chi connectivity index (χ0n) is 9.01. The van der Waals surface area contributed by atoms with Crippen molar-refractivity contribution in [1.29, 1.82) is 0 Å². The molecule has 0 aromatic carbocycles. The molecule has 12 heavy (non-hydrogen) atoms. The van der Waals surface area contributed by atoms with Crippen LogP contribution < -0.4 is 0 Å². The first-order valence-electron chi connectivity index (χ1n) is 5.40. The lowest BCUT2D eigenvalue weighted by molar-refractivity contribution is 0.0828. The van der Waals surface area contributed by atoms with Gasteiger partial charge in [-0.1, -0.05) is 13.8 Å². The minimum atomic E-state index is 0.780. The Labute approximate surface area is 77.1 Å². The van der Waals surface area contributed by atoms with Gasteiger partial charge in [-0.3, -0.25) is 4.90 Å². The fourth-order valence-electron chi connectivity index (χ4n) is 2.17. The Kier molecular flexibility index (Phi) is 3.57. The smallest absolute Gasteiger partial charge is 0.00699 e. The maximum Gasteiger partial charge on any atom is 0.00699 e. The number of nitrogens with zero attached hydrogens (tertiary/aromatic N) is 1. The van der Waals surface area contributed by atoms with Crippen LogP contribution >= 0.6 is 0 Å². The van der Waals surface area contributed by atoms with Gasteiger partial charge in [0.05, 0.1) is 0 Å². The molecule has 0 aromatic heterocycles. The Morgan fingerprint density at radius 3 is 2.58 bits per heavy atom. The summed E-state index contributed by atoms with van der Waals surface area (Å²) >= 11 is 0. The van der Waals surface area contributed by atoms with E-state index in [-0.39, 0.29) is 0 Å². The Balaban J connectivity index is 2.48. The molecule has 1 rings (SSSR count). The van der Waals surface area contributed by atoms with Crippen molar-refractivity contribution in [2.75, 3.05) is 6.54 Å². The first-order chi connectivity index (χ1) is 5.65. The van der Waals surface area contributed by atoms with Gasteiger partial charge in [-0.2, -0.15) is 0 Å². The van der Waals surface area contributed by atoms with Crippen LogP contribution in [-0.2, 0) is 0 Å². The van der Waals surface area contributed by atoms with Gasteiger partial charge in [0.2, 0.25) is 0 Å². The summed E-state index contributed by atoms with van der Waals surface area (Å²) in [6.45, 7) is 10.7. The van der Waals surface area contributed by atoms with Gasteiger partial charge in [0.25, 0.3) is 0 Å². The van der Waals surface area contributed by atoms with Crippen molar-refractivity contribution in [3.63, 3.8) is 0 Å².